The fourth-order valence-electron chi connectivity index (χ4n) is 1.75. The lowest BCUT2D eigenvalue weighted by molar-refractivity contribution is 0.131. The van der Waals surface area contributed by atoms with Crippen molar-refractivity contribution < 1.29 is 9.84 Å². The van der Waals surface area contributed by atoms with E-state index in [0.29, 0.717) is 0 Å². The maximum Gasteiger partial charge on any atom is 0.0802 e. The molecule has 2 N–H and O–H groups in total. The Labute approximate surface area is 110 Å². The van der Waals surface area contributed by atoms with Crippen molar-refractivity contribution in [2.75, 3.05) is 26.3 Å². The first-order valence-corrected chi connectivity index (χ1v) is 6.86. The van der Waals surface area contributed by atoms with Gasteiger partial charge >= 0.3 is 0 Å². The predicted octanol–water partition coefficient (Wildman–Crippen LogP) is 2.52. The van der Waals surface area contributed by atoms with Crippen LogP contribution in [0.2, 0.25) is 0 Å². The molecule has 0 heterocycles. The van der Waals surface area contributed by atoms with Gasteiger partial charge in [0.2, 0.25) is 0 Å². The third-order valence-corrected chi connectivity index (χ3v) is 2.77. The number of rotatable bonds is 10. The highest BCUT2D eigenvalue weighted by atomic mass is 16.5. The van der Waals surface area contributed by atoms with Crippen molar-refractivity contribution >= 4 is 0 Å². The lowest BCUT2D eigenvalue weighted by Crippen LogP contribution is -2.20. The molecular formula is C15H25NO2. The predicted molar refractivity (Wildman–Crippen MR) is 74.6 cm³/mol. The Bertz CT molecular complexity index is 290. The summed E-state index contributed by atoms with van der Waals surface area (Å²) in [5, 5.41) is 13.3. The molecule has 0 amide bonds. The number of ether oxygens (including phenoxy) is 1. The fourth-order valence-corrected chi connectivity index (χ4v) is 1.75. The summed E-state index contributed by atoms with van der Waals surface area (Å²) in [6.07, 6.45) is 2.49. The van der Waals surface area contributed by atoms with Gasteiger partial charge in [0, 0.05) is 13.2 Å². The van der Waals surface area contributed by atoms with E-state index in [-0.39, 0.29) is 6.10 Å². The van der Waals surface area contributed by atoms with E-state index in [1.165, 1.54) is 0 Å². The van der Waals surface area contributed by atoms with E-state index >= 15 is 0 Å². The standard InChI is InChI=1S/C15H25NO2/c1-2-12-18-13-6-10-16-11-9-15(17)14-7-4-3-5-8-14/h3-5,7-8,15-17H,2,6,9-13H2,1H3/t15-/m1/s1. The third kappa shape index (κ3) is 6.74. The van der Waals surface area contributed by atoms with E-state index in [4.69, 9.17) is 4.74 Å². The molecule has 0 bridgehead atoms. The average molecular weight is 251 g/mol. The monoisotopic (exact) mass is 251 g/mol. The number of benzene rings is 1. The van der Waals surface area contributed by atoms with Crippen molar-refractivity contribution in [3.63, 3.8) is 0 Å². The highest BCUT2D eigenvalue weighted by Crippen LogP contribution is 2.14. The molecule has 0 unspecified atom stereocenters. The summed E-state index contributed by atoms with van der Waals surface area (Å²) in [5.41, 5.74) is 0.991. The number of aliphatic hydroxyl groups is 1. The van der Waals surface area contributed by atoms with E-state index in [1.807, 2.05) is 30.3 Å². The van der Waals surface area contributed by atoms with Crippen LogP contribution in [0.15, 0.2) is 30.3 Å². The van der Waals surface area contributed by atoms with Crippen LogP contribution in [0.1, 0.15) is 37.9 Å². The van der Waals surface area contributed by atoms with Crippen molar-refractivity contribution in [1.29, 1.82) is 0 Å². The molecule has 102 valence electrons. The summed E-state index contributed by atoms with van der Waals surface area (Å²) < 4.78 is 5.39. The molecule has 3 nitrogen and oxygen atoms in total. The highest BCUT2D eigenvalue weighted by Gasteiger charge is 2.05. The van der Waals surface area contributed by atoms with Crippen molar-refractivity contribution in [3.8, 4) is 0 Å². The van der Waals surface area contributed by atoms with Gasteiger partial charge in [-0.15, -0.1) is 0 Å². The highest BCUT2D eigenvalue weighted by molar-refractivity contribution is 5.17. The topological polar surface area (TPSA) is 41.5 Å². The van der Waals surface area contributed by atoms with Gasteiger partial charge in [0.1, 0.15) is 0 Å². The Hall–Kier alpha value is -0.900. The molecule has 0 fully saturated rings. The summed E-state index contributed by atoms with van der Waals surface area (Å²) in [4.78, 5) is 0. The summed E-state index contributed by atoms with van der Waals surface area (Å²) in [6, 6.07) is 9.80. The molecule has 0 saturated heterocycles. The zero-order valence-electron chi connectivity index (χ0n) is 11.3. The van der Waals surface area contributed by atoms with Crippen molar-refractivity contribution in [3.05, 3.63) is 35.9 Å². The first-order chi connectivity index (χ1) is 8.84. The van der Waals surface area contributed by atoms with Gasteiger partial charge in [0.05, 0.1) is 6.10 Å². The molecule has 1 atom stereocenters. The molecule has 0 saturated carbocycles. The molecule has 0 aliphatic heterocycles. The van der Waals surface area contributed by atoms with Gasteiger partial charge in [-0.2, -0.15) is 0 Å². The van der Waals surface area contributed by atoms with E-state index in [1.54, 1.807) is 0 Å². The lowest BCUT2D eigenvalue weighted by Gasteiger charge is -2.11. The smallest absolute Gasteiger partial charge is 0.0802 e. The minimum atomic E-state index is -0.366. The zero-order valence-corrected chi connectivity index (χ0v) is 11.3. The van der Waals surface area contributed by atoms with Gasteiger partial charge in [-0.25, -0.2) is 0 Å². The van der Waals surface area contributed by atoms with E-state index in [2.05, 4.69) is 12.2 Å². The van der Waals surface area contributed by atoms with Gasteiger partial charge < -0.3 is 15.2 Å². The summed E-state index contributed by atoms with van der Waals surface area (Å²) in [7, 11) is 0. The van der Waals surface area contributed by atoms with Crippen LogP contribution in [0.25, 0.3) is 0 Å². The number of aliphatic hydroxyl groups excluding tert-OH is 1. The first kappa shape index (κ1) is 15.2. The minimum absolute atomic E-state index is 0.366. The molecular weight excluding hydrogens is 226 g/mol. The number of nitrogens with one attached hydrogen (secondary N) is 1. The molecule has 1 aromatic rings. The van der Waals surface area contributed by atoms with Gasteiger partial charge in [-0.3, -0.25) is 0 Å². The largest absolute Gasteiger partial charge is 0.388 e. The van der Waals surface area contributed by atoms with Crippen LogP contribution < -0.4 is 5.32 Å². The summed E-state index contributed by atoms with van der Waals surface area (Å²) in [5.74, 6) is 0. The lowest BCUT2D eigenvalue weighted by atomic mass is 10.1. The second-order valence-corrected chi connectivity index (χ2v) is 4.43. The number of hydrogen-bond donors (Lipinski definition) is 2. The average Bonchev–Trinajstić information content (AvgIpc) is 2.42. The minimum Gasteiger partial charge on any atom is -0.388 e. The Morgan fingerprint density at radius 3 is 2.67 bits per heavy atom. The van der Waals surface area contributed by atoms with Crippen LogP contribution in [0.3, 0.4) is 0 Å². The van der Waals surface area contributed by atoms with Gasteiger partial charge in [0.15, 0.2) is 0 Å². The summed E-state index contributed by atoms with van der Waals surface area (Å²) in [6.45, 7) is 5.58. The maximum absolute atomic E-state index is 9.93. The second-order valence-electron chi connectivity index (χ2n) is 4.43. The summed E-state index contributed by atoms with van der Waals surface area (Å²) >= 11 is 0. The van der Waals surface area contributed by atoms with Crippen molar-refractivity contribution in [2.24, 2.45) is 0 Å². The maximum atomic E-state index is 9.93. The molecule has 1 rings (SSSR count). The van der Waals surface area contributed by atoms with Gasteiger partial charge in [-0.05, 0) is 37.9 Å². The molecule has 0 aliphatic rings. The van der Waals surface area contributed by atoms with E-state index in [9.17, 15) is 5.11 Å². The normalized spacial score (nSPS) is 12.6. The second kappa shape index (κ2) is 10.1. The third-order valence-electron chi connectivity index (χ3n) is 2.77. The van der Waals surface area contributed by atoms with Crippen molar-refractivity contribution in [1.82, 2.24) is 5.32 Å². The molecule has 1 aromatic carbocycles. The van der Waals surface area contributed by atoms with Crippen LogP contribution in [0.4, 0.5) is 0 Å². The molecule has 0 aliphatic carbocycles. The fraction of sp³-hybridized carbons (Fsp3) is 0.600. The molecule has 18 heavy (non-hydrogen) atoms. The number of hydrogen-bond acceptors (Lipinski definition) is 3. The Balaban J connectivity index is 1.98. The van der Waals surface area contributed by atoms with Crippen LogP contribution in [-0.4, -0.2) is 31.4 Å². The van der Waals surface area contributed by atoms with Crippen LogP contribution >= 0.6 is 0 Å². The van der Waals surface area contributed by atoms with E-state index in [0.717, 1.165) is 51.1 Å². The first-order valence-electron chi connectivity index (χ1n) is 6.86. The van der Waals surface area contributed by atoms with Gasteiger partial charge in [0.25, 0.3) is 0 Å². The van der Waals surface area contributed by atoms with Crippen LogP contribution in [0, 0.1) is 0 Å². The zero-order chi connectivity index (χ0) is 13.1. The molecule has 0 radical (unpaired) electrons. The Morgan fingerprint density at radius 2 is 1.94 bits per heavy atom. The quantitative estimate of drug-likeness (QED) is 0.628. The van der Waals surface area contributed by atoms with E-state index < -0.39 is 0 Å². The molecule has 0 spiro atoms. The Morgan fingerprint density at radius 1 is 1.17 bits per heavy atom. The SMILES string of the molecule is CCCOCCCNCC[C@@H](O)c1ccccc1. The van der Waals surface area contributed by atoms with Crippen LogP contribution in [-0.2, 0) is 4.74 Å². The molecule has 3 heteroatoms. The van der Waals surface area contributed by atoms with Gasteiger partial charge in [-0.1, -0.05) is 37.3 Å². The molecule has 0 aromatic heterocycles. The Kier molecular flexibility index (Phi) is 8.47. The van der Waals surface area contributed by atoms with Crippen molar-refractivity contribution in [2.45, 2.75) is 32.3 Å². The van der Waals surface area contributed by atoms with Crippen LogP contribution in [0.5, 0.6) is 0 Å².